The minimum atomic E-state index is -0.875. The summed E-state index contributed by atoms with van der Waals surface area (Å²) in [4.78, 5) is 23.3. The number of carboxylic acid groups (broad SMARTS) is 1. The normalized spacial score (nSPS) is 12.7. The van der Waals surface area contributed by atoms with E-state index < -0.39 is 5.97 Å². The summed E-state index contributed by atoms with van der Waals surface area (Å²) in [5.74, 6) is -0.885. The summed E-state index contributed by atoms with van der Waals surface area (Å²) in [5, 5.41) is 8.94. The number of aliphatic carboxylic acids is 1. The van der Waals surface area contributed by atoms with Crippen LogP contribution in [0, 0.1) is 0 Å². The molecule has 0 heterocycles. The minimum Gasteiger partial charge on any atom is -0.481 e. The molecular formula is C16H12O3. The maximum absolute atomic E-state index is 12.4. The average molecular weight is 252 g/mol. The van der Waals surface area contributed by atoms with Crippen molar-refractivity contribution in [3.05, 3.63) is 70.3 Å². The average Bonchev–Trinajstić information content (AvgIpc) is 2.40. The fourth-order valence-corrected chi connectivity index (χ4v) is 2.62. The molecule has 3 nitrogen and oxygen atoms in total. The standard InChI is InChI=1S/C16H12O3/c17-15(18)9-11-5-3-7-13-14(11)8-10-4-1-2-6-12(10)16(13)19/h1-7H,8-9H2,(H,17,18). The molecule has 3 rings (SSSR count). The predicted molar refractivity (Wildman–Crippen MR) is 70.5 cm³/mol. The highest BCUT2D eigenvalue weighted by Gasteiger charge is 2.24. The van der Waals surface area contributed by atoms with Gasteiger partial charge in [0, 0.05) is 11.1 Å². The van der Waals surface area contributed by atoms with Crippen LogP contribution in [0.4, 0.5) is 0 Å². The van der Waals surface area contributed by atoms with Crippen LogP contribution in [0.1, 0.15) is 32.6 Å². The Bertz CT molecular complexity index is 686. The Balaban J connectivity index is 2.15. The Morgan fingerprint density at radius 3 is 2.58 bits per heavy atom. The number of carboxylic acids is 1. The summed E-state index contributed by atoms with van der Waals surface area (Å²) in [6.07, 6.45) is 0.583. The van der Waals surface area contributed by atoms with E-state index in [2.05, 4.69) is 0 Å². The van der Waals surface area contributed by atoms with Gasteiger partial charge in [0.25, 0.3) is 0 Å². The van der Waals surface area contributed by atoms with E-state index in [4.69, 9.17) is 5.11 Å². The van der Waals surface area contributed by atoms with E-state index in [-0.39, 0.29) is 12.2 Å². The van der Waals surface area contributed by atoms with Crippen molar-refractivity contribution in [3.63, 3.8) is 0 Å². The fourth-order valence-electron chi connectivity index (χ4n) is 2.62. The predicted octanol–water partition coefficient (Wildman–Crippen LogP) is 2.45. The van der Waals surface area contributed by atoms with Gasteiger partial charge in [-0.3, -0.25) is 9.59 Å². The van der Waals surface area contributed by atoms with E-state index in [1.54, 1.807) is 18.2 Å². The molecule has 19 heavy (non-hydrogen) atoms. The van der Waals surface area contributed by atoms with Crippen LogP contribution >= 0.6 is 0 Å². The topological polar surface area (TPSA) is 54.4 Å². The van der Waals surface area contributed by atoms with Gasteiger partial charge in [-0.15, -0.1) is 0 Å². The van der Waals surface area contributed by atoms with Crippen molar-refractivity contribution < 1.29 is 14.7 Å². The molecule has 0 aliphatic heterocycles. The molecular weight excluding hydrogens is 240 g/mol. The molecule has 0 radical (unpaired) electrons. The molecule has 0 atom stereocenters. The van der Waals surface area contributed by atoms with Crippen LogP contribution in [0.5, 0.6) is 0 Å². The Kier molecular flexibility index (Phi) is 2.67. The molecule has 0 fully saturated rings. The van der Waals surface area contributed by atoms with E-state index >= 15 is 0 Å². The second-order valence-electron chi connectivity index (χ2n) is 4.68. The molecule has 0 amide bonds. The summed E-state index contributed by atoms with van der Waals surface area (Å²) in [7, 11) is 0. The molecule has 2 aromatic rings. The number of rotatable bonds is 2. The Hall–Kier alpha value is -2.42. The first-order chi connectivity index (χ1) is 9.16. The van der Waals surface area contributed by atoms with E-state index in [1.807, 2.05) is 24.3 Å². The van der Waals surface area contributed by atoms with Crippen LogP contribution in [0.25, 0.3) is 0 Å². The molecule has 3 heteroatoms. The molecule has 1 N–H and O–H groups in total. The second kappa shape index (κ2) is 4.35. The fraction of sp³-hybridized carbons (Fsp3) is 0.125. The molecule has 0 aromatic heterocycles. The largest absolute Gasteiger partial charge is 0.481 e. The van der Waals surface area contributed by atoms with Gasteiger partial charge in [0.1, 0.15) is 0 Å². The number of carbonyl (C=O) groups excluding carboxylic acids is 1. The Morgan fingerprint density at radius 2 is 1.79 bits per heavy atom. The highest BCUT2D eigenvalue weighted by atomic mass is 16.4. The van der Waals surface area contributed by atoms with Crippen molar-refractivity contribution in [2.24, 2.45) is 0 Å². The summed E-state index contributed by atoms with van der Waals surface area (Å²) >= 11 is 0. The Morgan fingerprint density at radius 1 is 1.05 bits per heavy atom. The number of hydrogen-bond acceptors (Lipinski definition) is 2. The number of carbonyl (C=O) groups is 2. The van der Waals surface area contributed by atoms with Crippen LogP contribution in [-0.2, 0) is 17.6 Å². The van der Waals surface area contributed by atoms with Crippen LogP contribution in [0.2, 0.25) is 0 Å². The van der Waals surface area contributed by atoms with E-state index in [1.165, 1.54) is 0 Å². The second-order valence-corrected chi connectivity index (χ2v) is 4.68. The van der Waals surface area contributed by atoms with Crippen molar-refractivity contribution >= 4 is 11.8 Å². The minimum absolute atomic E-state index is 0.0101. The maximum Gasteiger partial charge on any atom is 0.307 e. The number of benzene rings is 2. The lowest BCUT2D eigenvalue weighted by Gasteiger charge is -2.20. The summed E-state index contributed by atoms with van der Waals surface area (Å²) in [6, 6.07) is 12.8. The van der Waals surface area contributed by atoms with Crippen LogP contribution in [0.3, 0.4) is 0 Å². The third-order valence-electron chi connectivity index (χ3n) is 3.49. The van der Waals surface area contributed by atoms with Gasteiger partial charge in [0.15, 0.2) is 5.78 Å². The highest BCUT2D eigenvalue weighted by Crippen LogP contribution is 2.29. The molecule has 1 aliphatic carbocycles. The zero-order valence-electron chi connectivity index (χ0n) is 10.2. The number of ketones is 1. The molecule has 1 aliphatic rings. The van der Waals surface area contributed by atoms with Gasteiger partial charge in [-0.1, -0.05) is 42.5 Å². The first-order valence-corrected chi connectivity index (χ1v) is 6.12. The summed E-state index contributed by atoms with van der Waals surface area (Å²) in [6.45, 7) is 0. The monoisotopic (exact) mass is 252 g/mol. The van der Waals surface area contributed by atoms with Gasteiger partial charge < -0.3 is 5.11 Å². The van der Waals surface area contributed by atoms with Gasteiger partial charge >= 0.3 is 5.97 Å². The maximum atomic E-state index is 12.4. The van der Waals surface area contributed by atoms with Gasteiger partial charge in [0.05, 0.1) is 6.42 Å². The molecule has 0 spiro atoms. The van der Waals surface area contributed by atoms with Gasteiger partial charge in [0.2, 0.25) is 0 Å². The first kappa shape index (κ1) is 11.7. The van der Waals surface area contributed by atoms with Crippen LogP contribution < -0.4 is 0 Å². The van der Waals surface area contributed by atoms with E-state index in [0.29, 0.717) is 12.0 Å². The lowest BCUT2D eigenvalue weighted by Crippen LogP contribution is -2.17. The molecule has 0 unspecified atom stereocenters. The van der Waals surface area contributed by atoms with E-state index in [9.17, 15) is 9.59 Å². The summed E-state index contributed by atoms with van der Waals surface area (Å²) in [5.41, 5.74) is 3.92. The lowest BCUT2D eigenvalue weighted by molar-refractivity contribution is -0.136. The van der Waals surface area contributed by atoms with Crippen molar-refractivity contribution in [1.82, 2.24) is 0 Å². The quantitative estimate of drug-likeness (QED) is 0.762. The molecule has 0 saturated carbocycles. The van der Waals surface area contributed by atoms with Crippen molar-refractivity contribution in [3.8, 4) is 0 Å². The van der Waals surface area contributed by atoms with Crippen LogP contribution in [-0.4, -0.2) is 16.9 Å². The van der Waals surface area contributed by atoms with Crippen LogP contribution in [0.15, 0.2) is 42.5 Å². The number of fused-ring (bicyclic) bond motifs is 2. The third-order valence-corrected chi connectivity index (χ3v) is 3.49. The number of hydrogen-bond donors (Lipinski definition) is 1. The summed E-state index contributed by atoms with van der Waals surface area (Å²) < 4.78 is 0. The van der Waals surface area contributed by atoms with Gasteiger partial charge in [-0.2, -0.15) is 0 Å². The van der Waals surface area contributed by atoms with E-state index in [0.717, 1.165) is 22.3 Å². The molecule has 0 bridgehead atoms. The Labute approximate surface area is 110 Å². The SMILES string of the molecule is O=C(O)Cc1cccc2c1Cc1ccccc1C2=O. The molecule has 0 saturated heterocycles. The van der Waals surface area contributed by atoms with Gasteiger partial charge in [-0.05, 0) is 23.1 Å². The zero-order chi connectivity index (χ0) is 13.4. The van der Waals surface area contributed by atoms with Crippen molar-refractivity contribution in [1.29, 1.82) is 0 Å². The van der Waals surface area contributed by atoms with Crippen molar-refractivity contribution in [2.45, 2.75) is 12.8 Å². The highest BCUT2D eigenvalue weighted by molar-refractivity contribution is 6.12. The van der Waals surface area contributed by atoms with Gasteiger partial charge in [-0.25, -0.2) is 0 Å². The molecule has 2 aromatic carbocycles. The lowest BCUT2D eigenvalue weighted by atomic mass is 9.82. The zero-order valence-corrected chi connectivity index (χ0v) is 10.2. The third kappa shape index (κ3) is 1.93. The molecule has 94 valence electrons. The first-order valence-electron chi connectivity index (χ1n) is 6.12. The van der Waals surface area contributed by atoms with Crippen molar-refractivity contribution in [2.75, 3.05) is 0 Å². The smallest absolute Gasteiger partial charge is 0.307 e.